The molecule has 2 nitrogen and oxygen atoms in total. The highest BCUT2D eigenvalue weighted by atomic mass is 28.4. The van der Waals surface area contributed by atoms with Crippen molar-refractivity contribution in [1.29, 1.82) is 0 Å². The molecule has 0 heterocycles. The molecular weight excluding hydrogens is 244 g/mol. The molecule has 0 rings (SSSR count). The maximum atomic E-state index is 6.37. The minimum absolute atomic E-state index is 0. The fourth-order valence-corrected chi connectivity index (χ4v) is 9.78. The molecule has 17 heavy (non-hydrogen) atoms. The zero-order valence-corrected chi connectivity index (χ0v) is 13.4. The summed E-state index contributed by atoms with van der Waals surface area (Å²) in [5.74, 6) is 0. The highest BCUT2D eigenvalue weighted by Crippen LogP contribution is 2.26. The second-order valence-corrected chi connectivity index (χ2v) is 13.5. The molecule has 0 aliphatic carbocycles. The van der Waals surface area contributed by atoms with E-state index in [-0.39, 0.29) is 14.9 Å². The highest BCUT2D eigenvalue weighted by molar-refractivity contribution is 6.82. The second-order valence-electron chi connectivity index (χ2n) is 5.18. The third-order valence-corrected chi connectivity index (χ3v) is 9.47. The fraction of sp³-hybridized carbons (Fsp3) is 1.00. The molecule has 0 bridgehead atoms. The van der Waals surface area contributed by atoms with Crippen molar-refractivity contribution in [2.45, 2.75) is 79.7 Å². The van der Waals surface area contributed by atoms with Crippen molar-refractivity contribution < 1.29 is 8.54 Å². The van der Waals surface area contributed by atoms with Crippen LogP contribution < -0.4 is 0 Å². The maximum Gasteiger partial charge on any atom is 0.327 e. The van der Waals surface area contributed by atoms with Crippen molar-refractivity contribution in [1.82, 2.24) is 0 Å². The average molecular weight is 281 g/mol. The lowest BCUT2D eigenvalue weighted by Gasteiger charge is -2.35. The molecule has 0 amide bonds. The van der Waals surface area contributed by atoms with Crippen molar-refractivity contribution >= 4 is 16.9 Å². The summed E-state index contributed by atoms with van der Waals surface area (Å²) in [7, 11) is -1.48. The highest BCUT2D eigenvalue weighted by Gasteiger charge is 2.38. The predicted octanol–water partition coefficient (Wildman–Crippen LogP) is 5.41. The van der Waals surface area contributed by atoms with Gasteiger partial charge in [0.2, 0.25) is 0 Å². The summed E-state index contributed by atoms with van der Waals surface area (Å²) in [5.41, 5.74) is 0. The predicted molar refractivity (Wildman–Crippen MR) is 85.5 cm³/mol. The first-order valence-electron chi connectivity index (χ1n) is 6.14. The Bertz CT molecular complexity index is 169. The van der Waals surface area contributed by atoms with Crippen LogP contribution in [0.3, 0.4) is 0 Å². The van der Waals surface area contributed by atoms with E-state index in [2.05, 4.69) is 33.5 Å². The largest absolute Gasteiger partial charge is 0.436 e. The molecule has 0 saturated heterocycles. The van der Waals surface area contributed by atoms with Crippen molar-refractivity contribution in [2.24, 2.45) is 0 Å². The number of hydrogen-bond donors (Lipinski definition) is 0. The van der Waals surface area contributed by atoms with Gasteiger partial charge in [-0.3, -0.25) is 0 Å². The van der Waals surface area contributed by atoms with Gasteiger partial charge in [0.15, 0.2) is 8.32 Å². The Kier molecular flexibility index (Phi) is 13.6. The van der Waals surface area contributed by atoms with E-state index in [1.807, 2.05) is 7.11 Å². The van der Waals surface area contributed by atoms with E-state index in [9.17, 15) is 0 Å². The van der Waals surface area contributed by atoms with Gasteiger partial charge in [-0.05, 0) is 31.7 Å². The van der Waals surface area contributed by atoms with Crippen LogP contribution in [0.1, 0.15) is 48.0 Å². The molecule has 0 aromatic heterocycles. The Labute approximate surface area is 112 Å². The minimum Gasteiger partial charge on any atom is -0.436 e. The van der Waals surface area contributed by atoms with Gasteiger partial charge in [0.1, 0.15) is 0 Å². The smallest absolute Gasteiger partial charge is 0.327 e. The SMILES string of the molecule is C.C.CCCC[Si](CCC)(OC)O[Si](C)(C)C. The molecule has 0 aliphatic heterocycles. The molecule has 108 valence electrons. The number of rotatable bonds is 8. The molecule has 0 aliphatic rings. The standard InChI is InChI=1S/C11H28O2Si2.2CH4/c1-7-9-11-15(12-3,10-8-2)13-14(4,5)6;;/h7-11H2,1-6H3;2*1H4. The summed E-state index contributed by atoms with van der Waals surface area (Å²) in [5, 5.41) is 0. The van der Waals surface area contributed by atoms with Crippen LogP contribution in [-0.2, 0) is 8.54 Å². The fourth-order valence-electron chi connectivity index (χ4n) is 1.86. The third-order valence-electron chi connectivity index (χ3n) is 2.41. The van der Waals surface area contributed by atoms with E-state index in [1.165, 1.54) is 19.3 Å². The summed E-state index contributed by atoms with van der Waals surface area (Å²) in [6.07, 6.45) is 3.65. The summed E-state index contributed by atoms with van der Waals surface area (Å²) in [6.45, 7) is 11.2. The Morgan fingerprint density at radius 2 is 1.41 bits per heavy atom. The molecule has 0 aromatic carbocycles. The molecule has 0 spiro atoms. The van der Waals surface area contributed by atoms with Crippen LogP contribution in [0, 0.1) is 0 Å². The zero-order valence-electron chi connectivity index (χ0n) is 11.4. The molecule has 4 heteroatoms. The monoisotopic (exact) mass is 280 g/mol. The van der Waals surface area contributed by atoms with Gasteiger partial charge in [0.05, 0.1) is 0 Å². The van der Waals surface area contributed by atoms with Gasteiger partial charge in [-0.15, -0.1) is 0 Å². The van der Waals surface area contributed by atoms with Crippen molar-refractivity contribution in [3.05, 3.63) is 0 Å². The number of unbranched alkanes of at least 4 members (excludes halogenated alkanes) is 1. The van der Waals surface area contributed by atoms with Crippen LogP contribution in [0.2, 0.25) is 31.7 Å². The maximum absolute atomic E-state index is 6.37. The summed E-state index contributed by atoms with van der Waals surface area (Å²) < 4.78 is 12.2. The van der Waals surface area contributed by atoms with E-state index in [1.54, 1.807) is 0 Å². The van der Waals surface area contributed by atoms with E-state index in [0.717, 1.165) is 12.1 Å². The lowest BCUT2D eigenvalue weighted by atomic mass is 10.4. The summed E-state index contributed by atoms with van der Waals surface area (Å²) in [6, 6.07) is 2.31. The first kappa shape index (κ1) is 22.5. The Hall–Kier alpha value is 0.354. The molecular formula is C13H36O2Si2. The minimum atomic E-state index is -1.86. The van der Waals surface area contributed by atoms with Gasteiger partial charge in [-0.2, -0.15) is 0 Å². The Balaban J connectivity index is -0.000000980. The lowest BCUT2D eigenvalue weighted by molar-refractivity contribution is 0.291. The molecule has 0 radical (unpaired) electrons. The molecule has 0 N–H and O–H groups in total. The molecule has 0 aromatic rings. The average Bonchev–Trinajstić information content (AvgIpc) is 2.12. The normalized spacial score (nSPS) is 14.5. The number of hydrogen-bond acceptors (Lipinski definition) is 2. The second kappa shape index (κ2) is 10.3. The van der Waals surface area contributed by atoms with Crippen LogP contribution in [0.25, 0.3) is 0 Å². The zero-order chi connectivity index (χ0) is 11.9. The first-order chi connectivity index (χ1) is 6.89. The van der Waals surface area contributed by atoms with Crippen LogP contribution in [0.5, 0.6) is 0 Å². The van der Waals surface area contributed by atoms with Gasteiger partial charge < -0.3 is 8.54 Å². The first-order valence-corrected chi connectivity index (χ1v) is 11.8. The van der Waals surface area contributed by atoms with E-state index in [4.69, 9.17) is 8.54 Å². The van der Waals surface area contributed by atoms with Crippen molar-refractivity contribution in [3.63, 3.8) is 0 Å². The van der Waals surface area contributed by atoms with Gasteiger partial charge in [0, 0.05) is 7.11 Å². The van der Waals surface area contributed by atoms with Crippen molar-refractivity contribution in [2.75, 3.05) is 7.11 Å². The Morgan fingerprint density at radius 1 is 0.882 bits per heavy atom. The summed E-state index contributed by atoms with van der Waals surface area (Å²) >= 11 is 0. The summed E-state index contributed by atoms with van der Waals surface area (Å²) in [4.78, 5) is 0. The van der Waals surface area contributed by atoms with Gasteiger partial charge in [-0.25, -0.2) is 0 Å². The van der Waals surface area contributed by atoms with Crippen LogP contribution in [0.4, 0.5) is 0 Å². The quantitative estimate of drug-likeness (QED) is 0.554. The van der Waals surface area contributed by atoms with Crippen LogP contribution >= 0.6 is 0 Å². The van der Waals surface area contributed by atoms with E-state index < -0.39 is 16.9 Å². The third kappa shape index (κ3) is 10.0. The van der Waals surface area contributed by atoms with Crippen LogP contribution in [-0.4, -0.2) is 24.0 Å². The molecule has 1 atom stereocenters. The van der Waals surface area contributed by atoms with E-state index in [0.29, 0.717) is 0 Å². The topological polar surface area (TPSA) is 18.5 Å². The molecule has 0 saturated carbocycles. The van der Waals surface area contributed by atoms with Gasteiger partial charge in [0.25, 0.3) is 0 Å². The molecule has 0 fully saturated rings. The van der Waals surface area contributed by atoms with Gasteiger partial charge >= 0.3 is 8.56 Å². The van der Waals surface area contributed by atoms with Crippen molar-refractivity contribution in [3.8, 4) is 0 Å². The molecule has 1 unspecified atom stereocenters. The van der Waals surface area contributed by atoms with Gasteiger partial charge in [-0.1, -0.05) is 48.0 Å². The lowest BCUT2D eigenvalue weighted by Crippen LogP contribution is -2.48. The Morgan fingerprint density at radius 3 is 1.71 bits per heavy atom. The van der Waals surface area contributed by atoms with E-state index >= 15 is 0 Å². The van der Waals surface area contributed by atoms with Crippen LogP contribution in [0.15, 0.2) is 0 Å².